The minimum Gasteiger partial charge on any atom is -0.325 e. The third kappa shape index (κ3) is 3.69. The van der Waals surface area contributed by atoms with Crippen LogP contribution in [0, 0.1) is 12.7 Å². The Morgan fingerprint density at radius 1 is 1.39 bits per heavy atom. The van der Waals surface area contributed by atoms with Crippen molar-refractivity contribution in [2.75, 3.05) is 13.1 Å². The van der Waals surface area contributed by atoms with Crippen LogP contribution in [0.1, 0.15) is 5.56 Å². The van der Waals surface area contributed by atoms with Crippen LogP contribution in [0.4, 0.5) is 13.2 Å². The molecule has 1 aromatic carbocycles. The predicted molar refractivity (Wildman–Crippen MR) is 60.3 cm³/mol. The number of benzene rings is 1. The summed E-state index contributed by atoms with van der Waals surface area (Å²) in [5.41, 5.74) is 4.93. The van der Waals surface area contributed by atoms with E-state index in [9.17, 15) is 21.6 Å². The van der Waals surface area contributed by atoms with Gasteiger partial charge in [0.05, 0.1) is 18.0 Å². The Hall–Kier alpha value is -1.12. The molecule has 0 saturated heterocycles. The van der Waals surface area contributed by atoms with E-state index in [0.29, 0.717) is 0 Å². The van der Waals surface area contributed by atoms with Crippen LogP contribution >= 0.6 is 0 Å². The molecule has 1 rings (SSSR count). The van der Waals surface area contributed by atoms with E-state index in [1.165, 1.54) is 6.92 Å². The second-order valence-electron chi connectivity index (χ2n) is 3.79. The Kier molecular flexibility index (Phi) is 4.36. The molecule has 3 N–H and O–H groups in total. The van der Waals surface area contributed by atoms with Gasteiger partial charge in [-0.15, -0.1) is 0 Å². The van der Waals surface area contributed by atoms with Crippen molar-refractivity contribution < 1.29 is 21.6 Å². The summed E-state index contributed by atoms with van der Waals surface area (Å²) in [5.74, 6) is -3.92. The first-order valence-corrected chi connectivity index (χ1v) is 6.50. The number of halogens is 3. The van der Waals surface area contributed by atoms with E-state index in [2.05, 4.69) is 0 Å². The second kappa shape index (κ2) is 5.25. The Morgan fingerprint density at radius 2 is 2.00 bits per heavy atom. The van der Waals surface area contributed by atoms with Gasteiger partial charge in [-0.2, -0.15) is 0 Å². The first-order valence-electron chi connectivity index (χ1n) is 5.02. The van der Waals surface area contributed by atoms with E-state index in [1.54, 1.807) is 4.72 Å². The zero-order valence-electron chi connectivity index (χ0n) is 9.58. The van der Waals surface area contributed by atoms with Crippen LogP contribution in [0.15, 0.2) is 23.1 Å². The largest absolute Gasteiger partial charge is 0.325 e. The lowest BCUT2D eigenvalue weighted by Gasteiger charge is -2.15. The van der Waals surface area contributed by atoms with Crippen molar-refractivity contribution in [3.8, 4) is 0 Å². The highest BCUT2D eigenvalue weighted by Crippen LogP contribution is 2.17. The monoisotopic (exact) mass is 282 g/mol. The Morgan fingerprint density at radius 3 is 2.50 bits per heavy atom. The highest BCUT2D eigenvalue weighted by molar-refractivity contribution is 7.89. The smallest absolute Gasteiger partial charge is 0.273 e. The summed E-state index contributed by atoms with van der Waals surface area (Å²) in [7, 11) is -4.10. The molecule has 102 valence electrons. The molecule has 0 amide bonds. The molecule has 0 saturated carbocycles. The molecule has 0 spiro atoms. The average Bonchev–Trinajstić information content (AvgIpc) is 2.26. The molecule has 0 bridgehead atoms. The Balaban J connectivity index is 2.94. The van der Waals surface area contributed by atoms with Crippen molar-refractivity contribution in [1.29, 1.82) is 0 Å². The number of alkyl halides is 2. The molecule has 18 heavy (non-hydrogen) atoms. The van der Waals surface area contributed by atoms with E-state index in [1.807, 2.05) is 0 Å². The van der Waals surface area contributed by atoms with Gasteiger partial charge in [0.15, 0.2) is 0 Å². The van der Waals surface area contributed by atoms with Crippen LogP contribution in [0.25, 0.3) is 0 Å². The summed E-state index contributed by atoms with van der Waals surface area (Å²) in [6.45, 7) is -0.681. The maximum atomic E-state index is 12.9. The third-order valence-electron chi connectivity index (χ3n) is 2.25. The molecular weight excluding hydrogens is 269 g/mol. The van der Waals surface area contributed by atoms with Gasteiger partial charge in [0.2, 0.25) is 10.0 Å². The SMILES string of the molecule is Cc1cc(F)ccc1S(=O)(=O)NCC(F)(F)CN. The van der Waals surface area contributed by atoms with Crippen LogP contribution < -0.4 is 10.5 Å². The Labute approximate surface area is 103 Å². The number of nitrogens with one attached hydrogen (secondary N) is 1. The average molecular weight is 282 g/mol. The van der Waals surface area contributed by atoms with Crippen LogP contribution in [0.5, 0.6) is 0 Å². The first-order chi connectivity index (χ1) is 8.18. The molecule has 0 aliphatic rings. The van der Waals surface area contributed by atoms with E-state index in [-0.39, 0.29) is 10.5 Å². The van der Waals surface area contributed by atoms with Crippen LogP contribution in [-0.4, -0.2) is 27.4 Å². The second-order valence-corrected chi connectivity index (χ2v) is 5.53. The van der Waals surface area contributed by atoms with Crippen molar-refractivity contribution in [3.05, 3.63) is 29.6 Å². The fraction of sp³-hybridized carbons (Fsp3) is 0.400. The summed E-state index contributed by atoms with van der Waals surface area (Å²) in [4.78, 5) is -0.239. The van der Waals surface area contributed by atoms with E-state index < -0.39 is 34.9 Å². The predicted octanol–water partition coefficient (Wildman–Crippen LogP) is 1.01. The highest BCUT2D eigenvalue weighted by atomic mass is 32.2. The molecule has 0 atom stereocenters. The molecule has 0 radical (unpaired) electrons. The molecule has 0 heterocycles. The van der Waals surface area contributed by atoms with Gasteiger partial charge in [0, 0.05) is 0 Å². The fourth-order valence-corrected chi connectivity index (χ4v) is 2.55. The maximum absolute atomic E-state index is 12.9. The van der Waals surface area contributed by atoms with Crippen molar-refractivity contribution in [2.45, 2.75) is 17.7 Å². The Bertz CT molecular complexity index is 532. The summed E-state index contributed by atoms with van der Waals surface area (Å²) in [6, 6.07) is 2.98. The van der Waals surface area contributed by atoms with Gasteiger partial charge in [-0.25, -0.2) is 26.3 Å². The summed E-state index contributed by atoms with van der Waals surface area (Å²) in [5, 5.41) is 0. The minimum absolute atomic E-state index is 0.138. The first kappa shape index (κ1) is 14.9. The molecule has 0 unspecified atom stereocenters. The summed E-state index contributed by atoms with van der Waals surface area (Å²) < 4.78 is 63.7. The van der Waals surface area contributed by atoms with Crippen LogP contribution in [0.3, 0.4) is 0 Å². The van der Waals surface area contributed by atoms with Gasteiger partial charge in [-0.1, -0.05) is 0 Å². The van der Waals surface area contributed by atoms with Gasteiger partial charge in [0.25, 0.3) is 5.92 Å². The lowest BCUT2D eigenvalue weighted by Crippen LogP contribution is -2.41. The van der Waals surface area contributed by atoms with Crippen molar-refractivity contribution in [1.82, 2.24) is 4.72 Å². The lowest BCUT2D eigenvalue weighted by molar-refractivity contribution is 0.0170. The molecular formula is C10H13F3N2O2S. The minimum atomic E-state index is -4.10. The number of sulfonamides is 1. The highest BCUT2D eigenvalue weighted by Gasteiger charge is 2.29. The van der Waals surface area contributed by atoms with Gasteiger partial charge < -0.3 is 5.73 Å². The number of rotatable bonds is 5. The molecule has 0 fully saturated rings. The molecule has 8 heteroatoms. The zero-order chi connectivity index (χ0) is 14.0. The van der Waals surface area contributed by atoms with Gasteiger partial charge in [-0.3, -0.25) is 0 Å². The topological polar surface area (TPSA) is 72.2 Å². The van der Waals surface area contributed by atoms with Crippen molar-refractivity contribution in [2.24, 2.45) is 5.73 Å². The van der Waals surface area contributed by atoms with Gasteiger partial charge >= 0.3 is 0 Å². The van der Waals surface area contributed by atoms with Crippen molar-refractivity contribution >= 4 is 10.0 Å². The quantitative estimate of drug-likeness (QED) is 0.846. The van der Waals surface area contributed by atoms with E-state index in [4.69, 9.17) is 5.73 Å². The zero-order valence-corrected chi connectivity index (χ0v) is 10.4. The lowest BCUT2D eigenvalue weighted by atomic mass is 10.2. The molecule has 0 aliphatic heterocycles. The number of hydrogen-bond donors (Lipinski definition) is 2. The van der Waals surface area contributed by atoms with Crippen LogP contribution in [-0.2, 0) is 10.0 Å². The summed E-state index contributed by atoms with van der Waals surface area (Å²) >= 11 is 0. The molecule has 0 aliphatic carbocycles. The summed E-state index contributed by atoms with van der Waals surface area (Å²) in [6.07, 6.45) is 0. The van der Waals surface area contributed by atoms with Crippen LogP contribution in [0.2, 0.25) is 0 Å². The standard InChI is InChI=1S/C10H13F3N2O2S/c1-7-4-8(11)2-3-9(7)18(16,17)15-6-10(12,13)5-14/h2-4,15H,5-6,14H2,1H3. The van der Waals surface area contributed by atoms with Gasteiger partial charge in [-0.05, 0) is 30.7 Å². The van der Waals surface area contributed by atoms with E-state index in [0.717, 1.165) is 18.2 Å². The van der Waals surface area contributed by atoms with E-state index >= 15 is 0 Å². The van der Waals surface area contributed by atoms with Crippen molar-refractivity contribution in [3.63, 3.8) is 0 Å². The normalized spacial score (nSPS) is 12.7. The number of aryl methyl sites for hydroxylation is 1. The number of nitrogens with two attached hydrogens (primary N) is 1. The van der Waals surface area contributed by atoms with Gasteiger partial charge in [0.1, 0.15) is 5.82 Å². The third-order valence-corrected chi connectivity index (χ3v) is 3.81. The molecule has 1 aromatic rings. The fourth-order valence-electron chi connectivity index (χ4n) is 1.26. The maximum Gasteiger partial charge on any atom is 0.273 e. The molecule has 0 aromatic heterocycles. The molecule has 4 nitrogen and oxygen atoms in total. The number of hydrogen-bond acceptors (Lipinski definition) is 3.